The molecule has 2 aromatic heterocycles. The number of aryl methyl sites for hydroxylation is 2. The van der Waals surface area contributed by atoms with Crippen LogP contribution in [0.25, 0.3) is 16.7 Å². The van der Waals surface area contributed by atoms with Crippen LogP contribution in [0.4, 0.5) is 5.82 Å². The summed E-state index contributed by atoms with van der Waals surface area (Å²) in [7, 11) is 1.50. The zero-order chi connectivity index (χ0) is 21.8. The molecule has 3 aromatic rings. The second-order valence-corrected chi connectivity index (χ2v) is 7.56. The summed E-state index contributed by atoms with van der Waals surface area (Å²) in [5.41, 5.74) is 14.1. The molecule has 0 bridgehead atoms. The molecule has 29 heavy (non-hydrogen) atoms. The maximum Gasteiger partial charge on any atom is 0.155 e. The molecule has 0 fully saturated rings. The number of anilines is 1. The molecule has 7 nitrogen and oxygen atoms in total. The van der Waals surface area contributed by atoms with Crippen LogP contribution in [0.3, 0.4) is 0 Å². The summed E-state index contributed by atoms with van der Waals surface area (Å²) in [5.74, 6) is 0.426. The minimum Gasteiger partial charge on any atom is -0.508 e. The molecule has 0 atom stereocenters. The minimum atomic E-state index is -0.710. The van der Waals surface area contributed by atoms with Crippen molar-refractivity contribution in [3.63, 3.8) is 0 Å². The van der Waals surface area contributed by atoms with Crippen LogP contribution < -0.4 is 11.5 Å². The first-order valence-corrected chi connectivity index (χ1v) is 9.56. The van der Waals surface area contributed by atoms with Crippen molar-refractivity contribution in [2.75, 3.05) is 12.8 Å². The van der Waals surface area contributed by atoms with Gasteiger partial charge in [0.1, 0.15) is 17.1 Å². The van der Waals surface area contributed by atoms with E-state index in [-0.39, 0.29) is 5.75 Å². The summed E-state index contributed by atoms with van der Waals surface area (Å²) in [6, 6.07) is 8.84. The highest BCUT2D eigenvalue weighted by Crippen LogP contribution is 2.32. The summed E-state index contributed by atoms with van der Waals surface area (Å²) in [6.07, 6.45) is 2.88. The molecule has 0 unspecified atom stereocenters. The number of carbonyl (C=O) groups excluding carboxylic acids is 1. The molecule has 0 spiro atoms. The molecule has 0 aliphatic heterocycles. The summed E-state index contributed by atoms with van der Waals surface area (Å²) in [6.45, 7) is 5.48. The number of nitrogens with zero attached hydrogens (tertiary/aromatic N) is 2. The number of nitrogen functional groups attached to an aromatic ring is 1. The lowest BCUT2D eigenvalue weighted by molar-refractivity contribution is 0.0689. The van der Waals surface area contributed by atoms with Crippen molar-refractivity contribution < 1.29 is 15.0 Å². The van der Waals surface area contributed by atoms with E-state index >= 15 is 0 Å². The number of nitrogens with two attached hydrogens (primary N) is 2. The number of carbonyl (C=O) groups is 1. The Balaban J connectivity index is 0.00000145. The molecule has 0 saturated heterocycles. The SMILES string of the molecule is CN.Cc1ccc(O)cc1-n1c(N)c(C=O)c2nc(CCCC(C)(C)O)ccc21. The van der Waals surface area contributed by atoms with E-state index in [0.29, 0.717) is 35.4 Å². The lowest BCUT2D eigenvalue weighted by Gasteiger charge is -2.16. The van der Waals surface area contributed by atoms with E-state index in [1.807, 2.05) is 19.1 Å². The van der Waals surface area contributed by atoms with Crippen LogP contribution in [0.5, 0.6) is 5.75 Å². The first kappa shape index (κ1) is 22.4. The van der Waals surface area contributed by atoms with Crippen LogP contribution in [-0.2, 0) is 6.42 Å². The zero-order valence-corrected chi connectivity index (χ0v) is 17.4. The highest BCUT2D eigenvalue weighted by molar-refractivity contribution is 6.02. The Kier molecular flexibility index (Phi) is 7.00. The second kappa shape index (κ2) is 9.07. The average Bonchev–Trinajstić information content (AvgIpc) is 2.95. The third-order valence-electron chi connectivity index (χ3n) is 4.72. The van der Waals surface area contributed by atoms with Crippen molar-refractivity contribution in [3.8, 4) is 11.4 Å². The molecule has 1 aromatic carbocycles. The van der Waals surface area contributed by atoms with Crippen LogP contribution in [0, 0.1) is 6.92 Å². The van der Waals surface area contributed by atoms with Gasteiger partial charge in [0.15, 0.2) is 6.29 Å². The van der Waals surface area contributed by atoms with Crippen LogP contribution in [0.2, 0.25) is 0 Å². The lowest BCUT2D eigenvalue weighted by atomic mass is 10.0. The Hall–Kier alpha value is -2.90. The van der Waals surface area contributed by atoms with E-state index in [2.05, 4.69) is 10.7 Å². The molecular weight excluding hydrogens is 368 g/mol. The first-order chi connectivity index (χ1) is 13.7. The largest absolute Gasteiger partial charge is 0.508 e. The van der Waals surface area contributed by atoms with Crippen LogP contribution in [-0.4, -0.2) is 38.7 Å². The molecule has 156 valence electrons. The standard InChI is InChI=1S/C21H25N3O3.CH5N/c1-13-6-8-15(26)11-18(13)24-17-9-7-14(5-4-10-21(2,3)27)23-19(17)16(12-25)20(24)22;1-2/h6-9,11-12,26-27H,4-5,10,22H2,1-3H3;2H2,1H3. The number of benzene rings is 1. The second-order valence-electron chi connectivity index (χ2n) is 7.56. The number of aromatic hydroxyl groups is 1. The quantitative estimate of drug-likeness (QED) is 0.473. The molecule has 0 aliphatic rings. The van der Waals surface area contributed by atoms with Crippen molar-refractivity contribution in [2.24, 2.45) is 5.73 Å². The number of pyridine rings is 1. The van der Waals surface area contributed by atoms with Crippen LogP contribution in [0.1, 0.15) is 48.3 Å². The molecule has 3 rings (SSSR count). The Labute approximate surface area is 171 Å². The maximum atomic E-state index is 11.7. The highest BCUT2D eigenvalue weighted by atomic mass is 16.3. The van der Waals surface area contributed by atoms with Gasteiger partial charge in [-0.1, -0.05) is 6.07 Å². The van der Waals surface area contributed by atoms with Gasteiger partial charge in [0.2, 0.25) is 0 Å². The average molecular weight is 399 g/mol. The van der Waals surface area contributed by atoms with Gasteiger partial charge in [-0.2, -0.15) is 0 Å². The zero-order valence-electron chi connectivity index (χ0n) is 17.4. The van der Waals surface area contributed by atoms with E-state index in [1.54, 1.807) is 36.6 Å². The van der Waals surface area contributed by atoms with Crippen molar-refractivity contribution in [1.82, 2.24) is 9.55 Å². The summed E-state index contributed by atoms with van der Waals surface area (Å²) in [4.78, 5) is 16.3. The van der Waals surface area contributed by atoms with E-state index in [4.69, 9.17) is 5.73 Å². The fourth-order valence-corrected chi connectivity index (χ4v) is 3.30. The third kappa shape index (κ3) is 4.93. The predicted molar refractivity (Wildman–Crippen MR) is 117 cm³/mol. The van der Waals surface area contributed by atoms with E-state index in [9.17, 15) is 15.0 Å². The number of fused-ring (bicyclic) bond motifs is 1. The van der Waals surface area contributed by atoms with Crippen molar-refractivity contribution >= 4 is 23.1 Å². The van der Waals surface area contributed by atoms with Gasteiger partial charge in [-0.15, -0.1) is 0 Å². The van der Waals surface area contributed by atoms with E-state index in [1.165, 1.54) is 7.05 Å². The van der Waals surface area contributed by atoms with Crippen LogP contribution >= 0.6 is 0 Å². The Morgan fingerprint density at radius 2 is 1.90 bits per heavy atom. The molecule has 0 aliphatic carbocycles. The summed E-state index contributed by atoms with van der Waals surface area (Å²) >= 11 is 0. The van der Waals surface area contributed by atoms with Gasteiger partial charge < -0.3 is 21.7 Å². The predicted octanol–water partition coefficient (Wildman–Crippen LogP) is 3.10. The van der Waals surface area contributed by atoms with Crippen molar-refractivity contribution in [3.05, 3.63) is 47.2 Å². The summed E-state index contributed by atoms with van der Waals surface area (Å²) in [5, 5.41) is 19.7. The number of aldehydes is 1. The molecule has 7 heteroatoms. The number of phenolic OH excluding ortho intramolecular Hbond substituents is 1. The fourth-order valence-electron chi connectivity index (χ4n) is 3.30. The molecule has 0 amide bonds. The number of hydrogen-bond donors (Lipinski definition) is 4. The Morgan fingerprint density at radius 3 is 2.52 bits per heavy atom. The van der Waals surface area contributed by atoms with Crippen molar-refractivity contribution in [1.29, 1.82) is 0 Å². The number of hydrogen-bond acceptors (Lipinski definition) is 6. The number of aliphatic hydroxyl groups is 1. The lowest BCUT2D eigenvalue weighted by Crippen LogP contribution is -2.18. The monoisotopic (exact) mass is 398 g/mol. The molecule has 2 heterocycles. The van der Waals surface area contributed by atoms with Gasteiger partial charge in [-0.25, -0.2) is 0 Å². The topological polar surface area (TPSA) is 127 Å². The van der Waals surface area contributed by atoms with Crippen LogP contribution in [0.15, 0.2) is 30.3 Å². The minimum absolute atomic E-state index is 0.126. The number of rotatable bonds is 6. The molecular formula is C22H30N4O3. The summed E-state index contributed by atoms with van der Waals surface area (Å²) < 4.78 is 1.75. The Bertz CT molecular complexity index is 1000. The molecule has 6 N–H and O–H groups in total. The molecule has 0 radical (unpaired) electrons. The van der Waals surface area contributed by atoms with Gasteiger partial charge in [0.25, 0.3) is 0 Å². The number of phenols is 1. The van der Waals surface area contributed by atoms with E-state index in [0.717, 1.165) is 29.5 Å². The fraction of sp³-hybridized carbons (Fsp3) is 0.364. The van der Waals surface area contributed by atoms with Gasteiger partial charge in [-0.3, -0.25) is 14.3 Å². The number of aromatic nitrogens is 2. The third-order valence-corrected chi connectivity index (χ3v) is 4.72. The highest BCUT2D eigenvalue weighted by Gasteiger charge is 2.19. The molecule has 0 saturated carbocycles. The van der Waals surface area contributed by atoms with Gasteiger partial charge in [0.05, 0.1) is 22.4 Å². The Morgan fingerprint density at radius 1 is 1.21 bits per heavy atom. The first-order valence-electron chi connectivity index (χ1n) is 9.56. The van der Waals surface area contributed by atoms with Gasteiger partial charge in [0, 0.05) is 11.8 Å². The van der Waals surface area contributed by atoms with Gasteiger partial charge >= 0.3 is 0 Å². The smallest absolute Gasteiger partial charge is 0.155 e. The van der Waals surface area contributed by atoms with E-state index < -0.39 is 5.60 Å². The normalized spacial score (nSPS) is 11.2. The van der Waals surface area contributed by atoms with Crippen molar-refractivity contribution in [2.45, 2.75) is 45.6 Å². The van der Waals surface area contributed by atoms with Gasteiger partial charge in [-0.05, 0) is 70.8 Å². The maximum absolute atomic E-state index is 11.7.